The molecule has 2 aliphatic heterocycles. The topological polar surface area (TPSA) is 96.1 Å². The lowest BCUT2D eigenvalue weighted by atomic mass is 10.0. The summed E-state index contributed by atoms with van der Waals surface area (Å²) in [5.74, 6) is 0.127. The van der Waals surface area contributed by atoms with Crippen LogP contribution in [0.25, 0.3) is 0 Å². The molecule has 2 aliphatic rings. The lowest BCUT2D eigenvalue weighted by Crippen LogP contribution is -2.54. The van der Waals surface area contributed by atoms with Crippen LogP contribution in [0.1, 0.15) is 18.4 Å². The number of carbonyl (C=O) groups is 2. The van der Waals surface area contributed by atoms with Crippen LogP contribution in [0, 0.1) is 0 Å². The molecule has 1 aromatic rings. The molecule has 1 aromatic heterocycles. The van der Waals surface area contributed by atoms with Gasteiger partial charge in [0, 0.05) is 17.4 Å². The fourth-order valence-electron chi connectivity index (χ4n) is 2.52. The number of nitrogens with zero attached hydrogens (tertiary/aromatic N) is 2. The van der Waals surface area contributed by atoms with Crippen LogP contribution in [-0.4, -0.2) is 46.1 Å². The third-order valence-electron chi connectivity index (χ3n) is 3.57. The Morgan fingerprint density at radius 3 is 3.00 bits per heavy atom. The van der Waals surface area contributed by atoms with E-state index in [0.717, 1.165) is 10.5 Å². The quantitative estimate of drug-likeness (QED) is 0.759. The van der Waals surface area contributed by atoms with Crippen LogP contribution in [0.4, 0.5) is 5.00 Å². The lowest BCUT2D eigenvalue weighted by molar-refractivity contribution is -0.165. The number of hydroxylamine groups is 2. The number of likely N-dealkylation sites (tertiary alicyclic amines) is 1. The summed E-state index contributed by atoms with van der Waals surface area (Å²) in [6, 6.07) is -0.504. The molecule has 0 aliphatic carbocycles. The third-order valence-corrected chi connectivity index (χ3v) is 4.40. The van der Waals surface area contributed by atoms with Crippen molar-refractivity contribution < 1.29 is 19.5 Å². The van der Waals surface area contributed by atoms with Gasteiger partial charge in [0.05, 0.1) is 24.7 Å². The summed E-state index contributed by atoms with van der Waals surface area (Å²) < 4.78 is 0. The summed E-state index contributed by atoms with van der Waals surface area (Å²) in [5.41, 5.74) is 6.74. The Morgan fingerprint density at radius 1 is 1.50 bits per heavy atom. The fraction of sp³-hybridized carbons (Fsp3) is 0.500. The number of rotatable bonds is 3. The smallest absolute Gasteiger partial charge is 0.250 e. The van der Waals surface area contributed by atoms with Gasteiger partial charge < -0.3 is 15.7 Å². The number of nitrogen functional groups attached to an aromatic ring is 1. The molecular weight excluding hydrogens is 282 g/mol. The number of hydrogen-bond donors (Lipinski definition) is 2. The van der Waals surface area contributed by atoms with Crippen LogP contribution in [0.2, 0.25) is 0 Å². The van der Waals surface area contributed by atoms with Gasteiger partial charge in [0.25, 0.3) is 0 Å². The summed E-state index contributed by atoms with van der Waals surface area (Å²) in [5, 5.41) is 13.0. The predicted molar refractivity (Wildman–Crippen MR) is 71.7 cm³/mol. The molecule has 20 heavy (non-hydrogen) atoms. The highest BCUT2D eigenvalue weighted by atomic mass is 32.1. The summed E-state index contributed by atoms with van der Waals surface area (Å²) in [6.07, 6.45) is 0.700. The maximum absolute atomic E-state index is 12.3. The SMILES string of the molecule is Nc1scc2c1CN(C1CCC(=O)N(CCO)C1=O)O2. The summed E-state index contributed by atoms with van der Waals surface area (Å²) in [4.78, 5) is 30.8. The Bertz CT molecular complexity index is 559. The standard InChI is InChI=1S/C12H15N3O4S/c13-11-7-5-15(19-9(7)6-20-11)8-1-2-10(17)14(3-4-16)12(8)18/h6,8,16H,1-5,13H2. The second kappa shape index (κ2) is 5.04. The van der Waals surface area contributed by atoms with Crippen LogP contribution in [-0.2, 0) is 16.1 Å². The maximum atomic E-state index is 12.3. The molecular formula is C12H15N3O4S. The zero-order chi connectivity index (χ0) is 14.3. The normalized spacial score (nSPS) is 23.1. The Kier molecular flexibility index (Phi) is 3.36. The van der Waals surface area contributed by atoms with E-state index in [0.29, 0.717) is 23.7 Å². The molecule has 3 rings (SSSR count). The number of piperidine rings is 1. The van der Waals surface area contributed by atoms with Gasteiger partial charge >= 0.3 is 0 Å². The van der Waals surface area contributed by atoms with Crippen molar-refractivity contribution in [1.29, 1.82) is 0 Å². The minimum absolute atomic E-state index is 0.0331. The Labute approximate surface area is 119 Å². The van der Waals surface area contributed by atoms with Crippen LogP contribution in [0.15, 0.2) is 5.38 Å². The number of aliphatic hydroxyl groups is 1. The molecule has 0 spiro atoms. The number of carbonyl (C=O) groups excluding carboxylic acids is 2. The molecule has 3 N–H and O–H groups in total. The number of nitrogens with two attached hydrogens (primary N) is 1. The summed E-state index contributed by atoms with van der Waals surface area (Å²) >= 11 is 1.41. The Hall–Kier alpha value is -1.64. The van der Waals surface area contributed by atoms with Crippen LogP contribution < -0.4 is 10.6 Å². The van der Waals surface area contributed by atoms with Crippen LogP contribution in [0.5, 0.6) is 5.75 Å². The second-order valence-electron chi connectivity index (χ2n) is 4.77. The molecule has 8 heteroatoms. The number of aliphatic hydroxyl groups excluding tert-OH is 1. The largest absolute Gasteiger partial charge is 0.404 e. The molecule has 2 amide bonds. The van der Waals surface area contributed by atoms with Crippen LogP contribution in [0.3, 0.4) is 0 Å². The van der Waals surface area contributed by atoms with Crippen LogP contribution >= 0.6 is 11.3 Å². The number of imide groups is 1. The van der Waals surface area contributed by atoms with Crippen molar-refractivity contribution in [2.24, 2.45) is 0 Å². The van der Waals surface area contributed by atoms with Crippen molar-refractivity contribution in [2.45, 2.75) is 25.4 Å². The number of amides is 2. The molecule has 0 radical (unpaired) electrons. The average Bonchev–Trinajstić information content (AvgIpc) is 2.97. The molecule has 108 valence electrons. The first-order valence-corrected chi connectivity index (χ1v) is 7.25. The molecule has 1 atom stereocenters. The van der Waals surface area contributed by atoms with E-state index >= 15 is 0 Å². The van der Waals surface area contributed by atoms with Gasteiger partial charge in [-0.2, -0.15) is 0 Å². The third kappa shape index (κ3) is 2.05. The van der Waals surface area contributed by atoms with Crippen molar-refractivity contribution >= 4 is 28.2 Å². The van der Waals surface area contributed by atoms with Gasteiger partial charge in [0.2, 0.25) is 11.8 Å². The predicted octanol–water partition coefficient (Wildman–Crippen LogP) is -0.0504. The van der Waals surface area contributed by atoms with E-state index < -0.39 is 6.04 Å². The monoisotopic (exact) mass is 297 g/mol. The number of β-amino-alcohol motifs (C(OH)–C–C–N with tert-alkyl or cyclic N) is 1. The van der Waals surface area contributed by atoms with E-state index in [2.05, 4.69) is 0 Å². The van der Waals surface area contributed by atoms with Crippen molar-refractivity contribution in [1.82, 2.24) is 9.96 Å². The molecule has 0 bridgehead atoms. The fourth-order valence-corrected chi connectivity index (χ4v) is 3.25. The van der Waals surface area contributed by atoms with E-state index in [1.807, 2.05) is 5.38 Å². The van der Waals surface area contributed by atoms with Crippen molar-refractivity contribution in [3.63, 3.8) is 0 Å². The first kappa shape index (κ1) is 13.3. The molecule has 0 aromatic carbocycles. The van der Waals surface area contributed by atoms with Gasteiger partial charge in [-0.15, -0.1) is 16.4 Å². The van der Waals surface area contributed by atoms with Gasteiger partial charge in [-0.05, 0) is 6.42 Å². The molecule has 3 heterocycles. The Balaban J connectivity index is 1.75. The van der Waals surface area contributed by atoms with E-state index in [1.165, 1.54) is 11.3 Å². The number of hydrogen-bond acceptors (Lipinski definition) is 7. The minimum Gasteiger partial charge on any atom is -0.404 e. The highest BCUT2D eigenvalue weighted by Crippen LogP contribution is 2.39. The number of fused-ring (bicyclic) bond motifs is 1. The van der Waals surface area contributed by atoms with Crippen molar-refractivity contribution in [3.8, 4) is 5.75 Å². The van der Waals surface area contributed by atoms with E-state index in [-0.39, 0.29) is 31.4 Å². The van der Waals surface area contributed by atoms with Crippen molar-refractivity contribution in [3.05, 3.63) is 10.9 Å². The zero-order valence-electron chi connectivity index (χ0n) is 10.7. The van der Waals surface area contributed by atoms with E-state index in [4.69, 9.17) is 15.7 Å². The number of anilines is 1. The minimum atomic E-state index is -0.504. The first-order valence-electron chi connectivity index (χ1n) is 6.37. The molecule has 1 unspecified atom stereocenters. The highest BCUT2D eigenvalue weighted by Gasteiger charge is 2.41. The molecule has 1 saturated heterocycles. The number of thiophene rings is 1. The van der Waals surface area contributed by atoms with Gasteiger partial charge in [-0.1, -0.05) is 0 Å². The first-order chi connectivity index (χ1) is 9.61. The van der Waals surface area contributed by atoms with Crippen molar-refractivity contribution in [2.75, 3.05) is 18.9 Å². The summed E-state index contributed by atoms with van der Waals surface area (Å²) in [6.45, 7) is 0.249. The zero-order valence-corrected chi connectivity index (χ0v) is 11.6. The Morgan fingerprint density at radius 2 is 2.30 bits per heavy atom. The maximum Gasteiger partial charge on any atom is 0.250 e. The van der Waals surface area contributed by atoms with Gasteiger partial charge in [0.1, 0.15) is 6.04 Å². The average molecular weight is 297 g/mol. The van der Waals surface area contributed by atoms with Gasteiger partial charge in [-0.3, -0.25) is 14.5 Å². The molecule has 1 fully saturated rings. The van der Waals surface area contributed by atoms with E-state index in [9.17, 15) is 9.59 Å². The van der Waals surface area contributed by atoms with E-state index in [1.54, 1.807) is 5.06 Å². The summed E-state index contributed by atoms with van der Waals surface area (Å²) in [7, 11) is 0. The molecule has 7 nitrogen and oxygen atoms in total. The second-order valence-corrected chi connectivity index (χ2v) is 5.68. The highest BCUT2D eigenvalue weighted by molar-refractivity contribution is 7.14. The van der Waals surface area contributed by atoms with Gasteiger partial charge in [-0.25, -0.2) is 0 Å². The lowest BCUT2D eigenvalue weighted by Gasteiger charge is -2.34. The molecule has 0 saturated carbocycles. The van der Waals surface area contributed by atoms with Gasteiger partial charge in [0.15, 0.2) is 5.75 Å².